The Balaban J connectivity index is 1.59. The van der Waals surface area contributed by atoms with Crippen molar-refractivity contribution in [2.24, 2.45) is 5.92 Å². The Morgan fingerprint density at radius 3 is 2.61 bits per heavy atom. The van der Waals surface area contributed by atoms with E-state index in [0.29, 0.717) is 12.3 Å². The molecule has 1 saturated heterocycles. The molecule has 1 aliphatic heterocycles. The normalized spacial score (nSPS) is 33.1. The lowest BCUT2D eigenvalue weighted by Crippen LogP contribution is -2.35. The predicted octanol–water partition coefficient (Wildman–Crippen LogP) is 1.61. The highest BCUT2D eigenvalue weighted by Crippen LogP contribution is 2.23. The summed E-state index contributed by atoms with van der Waals surface area (Å²) in [5.74, 6) is 0.664. The van der Waals surface area contributed by atoms with E-state index in [1.165, 1.54) is 6.42 Å². The second kappa shape index (κ2) is 7.10. The Labute approximate surface area is 109 Å². The van der Waals surface area contributed by atoms with Crippen LogP contribution in [0.2, 0.25) is 0 Å². The largest absolute Gasteiger partial charge is 0.393 e. The van der Waals surface area contributed by atoms with E-state index >= 15 is 0 Å². The van der Waals surface area contributed by atoms with Crippen LogP contribution in [0.1, 0.15) is 51.4 Å². The van der Waals surface area contributed by atoms with Gasteiger partial charge in [0.1, 0.15) is 0 Å². The van der Waals surface area contributed by atoms with Gasteiger partial charge in [-0.15, -0.1) is 0 Å². The molecule has 1 saturated carbocycles. The predicted molar refractivity (Wildman–Crippen MR) is 69.2 cm³/mol. The molecule has 0 aromatic rings. The fraction of sp³-hybridized carbons (Fsp3) is 0.929. The third-order valence-electron chi connectivity index (χ3n) is 4.09. The topological polar surface area (TPSA) is 58.6 Å². The molecule has 2 rings (SSSR count). The molecule has 1 unspecified atom stereocenters. The first-order chi connectivity index (χ1) is 8.74. The van der Waals surface area contributed by atoms with E-state index < -0.39 is 0 Å². The smallest absolute Gasteiger partial charge is 0.222 e. The molecule has 4 heteroatoms. The molecule has 104 valence electrons. The van der Waals surface area contributed by atoms with E-state index in [-0.39, 0.29) is 18.1 Å². The number of hydrogen-bond acceptors (Lipinski definition) is 3. The highest BCUT2D eigenvalue weighted by Gasteiger charge is 2.21. The summed E-state index contributed by atoms with van der Waals surface area (Å²) in [6.45, 7) is 1.57. The molecule has 2 N–H and O–H groups in total. The van der Waals surface area contributed by atoms with E-state index in [0.717, 1.165) is 51.7 Å². The summed E-state index contributed by atoms with van der Waals surface area (Å²) in [7, 11) is 0. The van der Waals surface area contributed by atoms with E-state index in [9.17, 15) is 9.90 Å². The van der Waals surface area contributed by atoms with Gasteiger partial charge in [0, 0.05) is 13.2 Å². The highest BCUT2D eigenvalue weighted by molar-refractivity contribution is 5.76. The van der Waals surface area contributed by atoms with Crippen molar-refractivity contribution >= 4 is 5.91 Å². The van der Waals surface area contributed by atoms with Crippen molar-refractivity contribution in [2.75, 3.05) is 13.2 Å². The Morgan fingerprint density at radius 2 is 1.94 bits per heavy atom. The number of carbonyl (C=O) groups excluding carboxylic acids is 1. The van der Waals surface area contributed by atoms with Gasteiger partial charge >= 0.3 is 0 Å². The molecular formula is C14H25NO3. The van der Waals surface area contributed by atoms with Crippen molar-refractivity contribution in [3.63, 3.8) is 0 Å². The molecule has 2 fully saturated rings. The number of carbonyl (C=O) groups is 1. The highest BCUT2D eigenvalue weighted by atomic mass is 16.5. The molecule has 1 atom stereocenters. The first-order valence-electron chi connectivity index (χ1n) is 7.30. The number of ether oxygens (including phenoxy) is 1. The van der Waals surface area contributed by atoms with Crippen LogP contribution in [0.25, 0.3) is 0 Å². The summed E-state index contributed by atoms with van der Waals surface area (Å²) >= 11 is 0. The maximum atomic E-state index is 11.8. The zero-order chi connectivity index (χ0) is 12.8. The van der Waals surface area contributed by atoms with Gasteiger partial charge in [-0.3, -0.25) is 4.79 Å². The molecule has 2 aliphatic rings. The van der Waals surface area contributed by atoms with Crippen molar-refractivity contribution in [3.05, 3.63) is 0 Å². The Bertz CT molecular complexity index is 256. The molecule has 0 aromatic carbocycles. The first-order valence-corrected chi connectivity index (χ1v) is 7.30. The van der Waals surface area contributed by atoms with Gasteiger partial charge in [-0.05, 0) is 50.9 Å². The number of rotatable bonds is 4. The molecule has 18 heavy (non-hydrogen) atoms. The van der Waals surface area contributed by atoms with Crippen LogP contribution in [0.15, 0.2) is 0 Å². The van der Waals surface area contributed by atoms with Gasteiger partial charge in [0.05, 0.1) is 18.6 Å². The Kier molecular flexibility index (Phi) is 5.45. The van der Waals surface area contributed by atoms with Gasteiger partial charge in [0.25, 0.3) is 0 Å². The van der Waals surface area contributed by atoms with Crippen LogP contribution in [0, 0.1) is 5.92 Å². The average Bonchev–Trinajstić information content (AvgIpc) is 2.39. The van der Waals surface area contributed by atoms with Crippen LogP contribution in [-0.2, 0) is 9.53 Å². The van der Waals surface area contributed by atoms with Crippen molar-refractivity contribution in [2.45, 2.75) is 63.6 Å². The molecule has 0 radical (unpaired) electrons. The minimum atomic E-state index is -0.118. The molecule has 1 heterocycles. The zero-order valence-corrected chi connectivity index (χ0v) is 11.1. The summed E-state index contributed by atoms with van der Waals surface area (Å²) in [5.41, 5.74) is 0. The van der Waals surface area contributed by atoms with Crippen LogP contribution >= 0.6 is 0 Å². The molecule has 0 spiro atoms. The lowest BCUT2D eigenvalue weighted by molar-refractivity contribution is -0.125. The van der Waals surface area contributed by atoms with Gasteiger partial charge < -0.3 is 15.2 Å². The standard InChI is InChI=1S/C14H25NO3/c16-12-6-4-11(5-7-12)10-15-14(17)9-13-3-1-2-8-18-13/h11-13,16H,1-10H2,(H,15,17). The van der Waals surface area contributed by atoms with Gasteiger partial charge in [-0.1, -0.05) is 0 Å². The summed E-state index contributed by atoms with van der Waals surface area (Å²) < 4.78 is 5.56. The van der Waals surface area contributed by atoms with Crippen LogP contribution in [-0.4, -0.2) is 36.4 Å². The maximum absolute atomic E-state index is 11.8. The second-order valence-corrected chi connectivity index (χ2v) is 5.67. The number of amides is 1. The minimum absolute atomic E-state index is 0.118. The summed E-state index contributed by atoms with van der Waals surface area (Å²) in [4.78, 5) is 11.8. The van der Waals surface area contributed by atoms with Crippen LogP contribution in [0.4, 0.5) is 0 Å². The quantitative estimate of drug-likeness (QED) is 0.802. The van der Waals surface area contributed by atoms with Crippen LogP contribution in [0.5, 0.6) is 0 Å². The van der Waals surface area contributed by atoms with Crippen molar-refractivity contribution in [1.82, 2.24) is 5.32 Å². The van der Waals surface area contributed by atoms with Gasteiger partial charge in [-0.2, -0.15) is 0 Å². The second-order valence-electron chi connectivity index (χ2n) is 5.67. The molecule has 1 amide bonds. The Hall–Kier alpha value is -0.610. The first kappa shape index (κ1) is 13.8. The summed E-state index contributed by atoms with van der Waals surface area (Å²) in [5, 5.41) is 12.4. The monoisotopic (exact) mass is 255 g/mol. The minimum Gasteiger partial charge on any atom is -0.393 e. The zero-order valence-electron chi connectivity index (χ0n) is 11.1. The third kappa shape index (κ3) is 4.58. The van der Waals surface area contributed by atoms with Crippen molar-refractivity contribution < 1.29 is 14.6 Å². The number of aliphatic hydroxyl groups excluding tert-OH is 1. The van der Waals surface area contributed by atoms with Gasteiger partial charge in [0.15, 0.2) is 0 Å². The van der Waals surface area contributed by atoms with Gasteiger partial charge in [-0.25, -0.2) is 0 Å². The van der Waals surface area contributed by atoms with E-state index in [4.69, 9.17) is 4.74 Å². The number of nitrogens with one attached hydrogen (secondary N) is 1. The van der Waals surface area contributed by atoms with Crippen LogP contribution in [0.3, 0.4) is 0 Å². The Morgan fingerprint density at radius 1 is 1.17 bits per heavy atom. The summed E-state index contributed by atoms with van der Waals surface area (Å²) in [6, 6.07) is 0. The molecule has 4 nitrogen and oxygen atoms in total. The molecule has 0 bridgehead atoms. The SMILES string of the molecule is O=C(CC1CCCCO1)NCC1CCC(O)CC1. The van der Waals surface area contributed by atoms with Gasteiger partial charge in [0.2, 0.25) is 5.91 Å². The lowest BCUT2D eigenvalue weighted by Gasteiger charge is -2.26. The van der Waals surface area contributed by atoms with Crippen molar-refractivity contribution in [1.29, 1.82) is 0 Å². The van der Waals surface area contributed by atoms with E-state index in [2.05, 4.69) is 5.32 Å². The van der Waals surface area contributed by atoms with Crippen molar-refractivity contribution in [3.8, 4) is 0 Å². The molecule has 1 aliphatic carbocycles. The van der Waals surface area contributed by atoms with Crippen LogP contribution < -0.4 is 5.32 Å². The molecular weight excluding hydrogens is 230 g/mol. The lowest BCUT2D eigenvalue weighted by atomic mass is 9.87. The fourth-order valence-electron chi connectivity index (χ4n) is 2.85. The van der Waals surface area contributed by atoms with E-state index in [1.807, 2.05) is 0 Å². The van der Waals surface area contributed by atoms with E-state index in [1.54, 1.807) is 0 Å². The average molecular weight is 255 g/mol. The molecule has 0 aromatic heterocycles. The number of hydrogen-bond donors (Lipinski definition) is 2. The third-order valence-corrected chi connectivity index (χ3v) is 4.09. The number of aliphatic hydroxyl groups is 1. The summed E-state index contributed by atoms with van der Waals surface area (Å²) in [6.07, 6.45) is 7.67. The fourth-order valence-corrected chi connectivity index (χ4v) is 2.85. The maximum Gasteiger partial charge on any atom is 0.222 e.